The van der Waals surface area contributed by atoms with E-state index in [9.17, 15) is 0 Å². The molecule has 10 heavy (non-hydrogen) atoms. The smallest absolute Gasteiger partial charge is 0 e. The maximum atomic E-state index is 8.55. The fraction of sp³-hybridized carbons (Fsp3) is 0. The van der Waals surface area contributed by atoms with Crippen LogP contribution in [0.1, 0.15) is 0 Å². The van der Waals surface area contributed by atoms with Crippen LogP contribution in [0.25, 0.3) is 0 Å². The van der Waals surface area contributed by atoms with Crippen LogP contribution in [0.4, 0.5) is 4.79 Å². The van der Waals surface area contributed by atoms with Gasteiger partial charge in [-0.2, -0.15) is 7.82 Å². The minimum Gasteiger partial charge on any atom is -0.822 e. The average molecular weight is 210 g/mol. The molecule has 0 aliphatic rings. The molecule has 63 valence electrons. The predicted octanol–water partition coefficient (Wildman–Crippen LogP) is -5.27. The van der Waals surface area contributed by atoms with Crippen molar-refractivity contribution in [1.29, 1.82) is 0 Å². The third kappa shape index (κ3) is 37200. The SMILES string of the molecule is O=C([O-])[O-].O=P([O-])([O-])[O-].[Mn]. The van der Waals surface area contributed by atoms with Gasteiger partial charge >= 0.3 is 0 Å². The quantitative estimate of drug-likeness (QED) is 0.286. The van der Waals surface area contributed by atoms with Crippen molar-refractivity contribution in [2.75, 3.05) is 0 Å². The van der Waals surface area contributed by atoms with Crippen LogP contribution in [-0.2, 0) is 21.6 Å². The van der Waals surface area contributed by atoms with Gasteiger partial charge in [0.2, 0.25) is 0 Å². The van der Waals surface area contributed by atoms with Crippen molar-refractivity contribution in [1.82, 2.24) is 0 Å². The maximum absolute atomic E-state index is 8.55. The molecule has 0 bridgehead atoms. The summed E-state index contributed by atoms with van der Waals surface area (Å²) in [6.45, 7) is 0. The van der Waals surface area contributed by atoms with Crippen molar-refractivity contribution >= 4 is 14.0 Å². The number of rotatable bonds is 0. The van der Waals surface area contributed by atoms with E-state index in [0.717, 1.165) is 0 Å². The van der Waals surface area contributed by atoms with Crippen LogP contribution in [0.15, 0.2) is 0 Å². The average Bonchev–Trinajstić information content (AvgIpc) is 1.19. The van der Waals surface area contributed by atoms with Gasteiger partial charge in [-0.05, 0) is 6.16 Å². The molecule has 0 saturated carbocycles. The zero-order chi connectivity index (χ0) is 8.08. The molecule has 0 rings (SSSR count). The molecular weight excluding hydrogens is 210 g/mol. The van der Waals surface area contributed by atoms with Gasteiger partial charge in [-0.15, -0.1) is 0 Å². The van der Waals surface area contributed by atoms with Crippen LogP contribution in [0.2, 0.25) is 0 Å². The Balaban J connectivity index is -0.0000000910. The molecule has 7 nitrogen and oxygen atoms in total. The molecule has 0 aromatic carbocycles. The minimum atomic E-state index is -5.39. The minimum absolute atomic E-state index is 0. The second-order valence-corrected chi connectivity index (χ2v) is 1.59. The van der Waals surface area contributed by atoms with Gasteiger partial charge in [0.05, 0.1) is 0 Å². The summed E-state index contributed by atoms with van der Waals surface area (Å²) < 4.78 is 8.55. The van der Waals surface area contributed by atoms with Crippen LogP contribution in [0, 0.1) is 0 Å². The number of carboxylic acid groups (broad SMARTS) is 2. The Hall–Kier alpha value is -0.101. The van der Waals surface area contributed by atoms with Crippen LogP contribution in [0.5, 0.6) is 0 Å². The molecule has 0 aliphatic heterocycles. The molecule has 0 aromatic rings. The van der Waals surface area contributed by atoms with Crippen LogP contribution in [0.3, 0.4) is 0 Å². The van der Waals surface area contributed by atoms with Crippen molar-refractivity contribution in [2.45, 2.75) is 0 Å². The van der Waals surface area contributed by atoms with Gasteiger partial charge in [0.15, 0.2) is 0 Å². The first-order chi connectivity index (χ1) is 3.73. The van der Waals surface area contributed by atoms with Gasteiger partial charge in [-0.1, -0.05) is 0 Å². The van der Waals surface area contributed by atoms with E-state index >= 15 is 0 Å². The molecule has 0 saturated heterocycles. The Labute approximate surface area is 66.0 Å². The standard InChI is InChI=1S/CH2O3.Mn.H3O4P/c2-1(3)4;;1-5(2,3)4/h(H2,2,3,4);;(H3,1,2,3,4)/p-5. The van der Waals surface area contributed by atoms with E-state index in [1.807, 2.05) is 0 Å². The molecular formula is CMnO7P-5. The molecule has 0 amide bonds. The summed E-state index contributed by atoms with van der Waals surface area (Å²) in [7, 11) is -5.39. The normalized spacial score (nSPS) is 8.30. The summed E-state index contributed by atoms with van der Waals surface area (Å²) in [5, 5.41) is 16.7. The van der Waals surface area contributed by atoms with E-state index in [4.69, 9.17) is 34.3 Å². The molecule has 0 heterocycles. The van der Waals surface area contributed by atoms with Crippen molar-refractivity contribution in [3.63, 3.8) is 0 Å². The van der Waals surface area contributed by atoms with Crippen molar-refractivity contribution in [3.05, 3.63) is 0 Å². The van der Waals surface area contributed by atoms with Crippen molar-refractivity contribution in [2.24, 2.45) is 0 Å². The predicted molar refractivity (Wildman–Crippen MR) is 13.0 cm³/mol. The number of carbonyl (C=O) groups excluding carboxylic acids is 1. The van der Waals surface area contributed by atoms with Gasteiger partial charge in [0.25, 0.3) is 0 Å². The van der Waals surface area contributed by atoms with Gasteiger partial charge in [-0.3, -0.25) is 0 Å². The van der Waals surface area contributed by atoms with Gasteiger partial charge in [0, 0.05) is 17.1 Å². The Kier molecular flexibility index (Phi) is 11.5. The Morgan fingerprint density at radius 2 is 1.10 bits per heavy atom. The first-order valence-electron chi connectivity index (χ1n) is 1.34. The van der Waals surface area contributed by atoms with E-state index in [1.165, 1.54) is 0 Å². The third-order valence-electron chi connectivity index (χ3n) is 0. The first kappa shape index (κ1) is 16.5. The van der Waals surface area contributed by atoms with E-state index < -0.39 is 14.0 Å². The summed E-state index contributed by atoms with van der Waals surface area (Å²) in [5.41, 5.74) is 0. The maximum Gasteiger partial charge on any atom is 0 e. The number of phosphoric acid groups is 1. The van der Waals surface area contributed by atoms with E-state index in [2.05, 4.69) is 0 Å². The summed E-state index contributed by atoms with van der Waals surface area (Å²) in [6.07, 6.45) is -2.33. The molecule has 0 aromatic heterocycles. The van der Waals surface area contributed by atoms with Gasteiger partial charge in [-0.25, -0.2) is 0 Å². The van der Waals surface area contributed by atoms with E-state index in [0.29, 0.717) is 0 Å². The van der Waals surface area contributed by atoms with Gasteiger partial charge in [0.1, 0.15) is 0 Å². The fourth-order valence-electron chi connectivity index (χ4n) is 0. The second kappa shape index (κ2) is 7.01. The molecule has 1 radical (unpaired) electrons. The molecule has 0 atom stereocenters. The van der Waals surface area contributed by atoms with Crippen molar-refractivity contribution in [3.8, 4) is 0 Å². The second-order valence-electron chi connectivity index (χ2n) is 0.697. The number of carbonyl (C=O) groups is 1. The fourth-order valence-corrected chi connectivity index (χ4v) is 0. The van der Waals surface area contributed by atoms with Crippen molar-refractivity contribution < 1.29 is 51.3 Å². The van der Waals surface area contributed by atoms with E-state index in [-0.39, 0.29) is 17.1 Å². The van der Waals surface area contributed by atoms with E-state index in [1.54, 1.807) is 0 Å². The molecule has 0 spiro atoms. The van der Waals surface area contributed by atoms with Crippen LogP contribution >= 0.6 is 7.82 Å². The molecule has 0 N–H and O–H groups in total. The molecule has 0 fully saturated rings. The topological polar surface area (TPSA) is 149 Å². The largest absolute Gasteiger partial charge is 0.822 e. The Morgan fingerprint density at radius 1 is 1.10 bits per heavy atom. The number of hydrogen-bond donors (Lipinski definition) is 0. The zero-order valence-corrected chi connectivity index (χ0v) is 6.26. The Bertz CT molecular complexity index is 113. The molecule has 0 unspecified atom stereocenters. The van der Waals surface area contributed by atoms with Gasteiger partial charge < -0.3 is 34.3 Å². The summed E-state index contributed by atoms with van der Waals surface area (Å²) in [5.74, 6) is 0. The first-order valence-corrected chi connectivity index (χ1v) is 2.80. The molecule has 9 heteroatoms. The summed E-state index contributed by atoms with van der Waals surface area (Å²) in [4.78, 5) is 34.0. The summed E-state index contributed by atoms with van der Waals surface area (Å²) >= 11 is 0. The summed E-state index contributed by atoms with van der Waals surface area (Å²) in [6, 6.07) is 0. The zero-order valence-electron chi connectivity index (χ0n) is 4.18. The van der Waals surface area contributed by atoms with Crippen LogP contribution in [-0.4, -0.2) is 6.16 Å². The van der Waals surface area contributed by atoms with Crippen LogP contribution < -0.4 is 24.9 Å². The Morgan fingerprint density at radius 3 is 1.10 bits per heavy atom. The molecule has 0 aliphatic carbocycles. The number of hydrogen-bond acceptors (Lipinski definition) is 7. The monoisotopic (exact) mass is 210 g/mol. The third-order valence-corrected chi connectivity index (χ3v) is 0.